The second-order valence-electron chi connectivity index (χ2n) is 5.44. The summed E-state index contributed by atoms with van der Waals surface area (Å²) in [6, 6.07) is 13.8. The van der Waals surface area contributed by atoms with Crippen molar-refractivity contribution in [3.8, 4) is 23.7 Å². The molecule has 158 valence electrons. The molecule has 4 aromatic rings. The number of hydrogen-bond donors (Lipinski definition) is 0. The van der Waals surface area contributed by atoms with Gasteiger partial charge in [0.2, 0.25) is 0 Å². The van der Waals surface area contributed by atoms with Gasteiger partial charge in [-0.2, -0.15) is 0 Å². The van der Waals surface area contributed by atoms with Crippen LogP contribution in [-0.2, 0) is 21.1 Å². The van der Waals surface area contributed by atoms with Gasteiger partial charge in [-0.25, -0.2) is 0 Å². The van der Waals surface area contributed by atoms with Crippen LogP contribution in [0.3, 0.4) is 0 Å². The minimum atomic E-state index is 0. The molecule has 0 bridgehead atoms. The van der Waals surface area contributed by atoms with Crippen molar-refractivity contribution in [2.75, 3.05) is 0 Å². The first-order valence-electron chi connectivity index (χ1n) is 9.04. The summed E-state index contributed by atoms with van der Waals surface area (Å²) in [6.07, 6.45) is 39.8. The largest absolute Gasteiger partial charge is 4.00 e. The number of hydrogen-bond acceptors (Lipinski definition) is 4. The van der Waals surface area contributed by atoms with Crippen molar-refractivity contribution in [1.82, 2.24) is 19.9 Å². The molecule has 0 fully saturated rings. The molecular formula is C28H16N4Pt. The Kier molecular flexibility index (Phi) is 16.8. The first kappa shape index (κ1) is 28.5. The molecule has 4 heterocycles. The molecule has 0 spiro atoms. The van der Waals surface area contributed by atoms with Gasteiger partial charge in [-0.3, -0.25) is 43.6 Å². The normalized spacial score (nSPS) is 7.64. The fraction of sp³-hybridized carbons (Fsp3) is 0. The Morgan fingerprint density at radius 3 is 0.606 bits per heavy atom. The van der Waals surface area contributed by atoms with E-state index >= 15 is 0 Å². The molecule has 0 aliphatic carbocycles. The van der Waals surface area contributed by atoms with Gasteiger partial charge in [0.25, 0.3) is 0 Å². The molecule has 0 atom stereocenters. The zero-order valence-electron chi connectivity index (χ0n) is 17.3. The average Bonchev–Trinajstić information content (AvgIpc) is 2.91. The summed E-state index contributed by atoms with van der Waals surface area (Å²) >= 11 is 0. The van der Waals surface area contributed by atoms with E-state index in [9.17, 15) is 0 Å². The Morgan fingerprint density at radius 2 is 0.515 bits per heavy atom. The third-order valence-electron chi connectivity index (χ3n) is 3.30. The van der Waals surface area contributed by atoms with Crippen LogP contribution in [0.25, 0.3) is 0 Å². The van der Waals surface area contributed by atoms with Gasteiger partial charge in [-0.1, -0.05) is 0 Å². The van der Waals surface area contributed by atoms with Gasteiger partial charge in [0.15, 0.2) is 0 Å². The molecule has 4 rings (SSSR count). The molecule has 0 unspecified atom stereocenters. The molecule has 0 amide bonds. The number of rotatable bonds is 0. The molecule has 0 radical (unpaired) electrons. The smallest absolute Gasteiger partial charge is 0.366 e. The zero-order chi connectivity index (χ0) is 23.3. The van der Waals surface area contributed by atoms with Crippen LogP contribution in [0.1, 0.15) is 22.3 Å². The van der Waals surface area contributed by atoms with Crippen LogP contribution in [0, 0.1) is 49.4 Å². The van der Waals surface area contributed by atoms with E-state index in [-0.39, 0.29) is 21.1 Å². The van der Waals surface area contributed by atoms with Gasteiger partial charge in [0, 0.05) is 49.6 Å². The van der Waals surface area contributed by atoms with Gasteiger partial charge in [0.1, 0.15) is 0 Å². The van der Waals surface area contributed by atoms with Crippen molar-refractivity contribution in [2.24, 2.45) is 0 Å². The van der Waals surface area contributed by atoms with Gasteiger partial charge in [-0.05, 0) is 0 Å². The van der Waals surface area contributed by atoms with Crippen molar-refractivity contribution >= 4 is 0 Å². The number of nitrogens with zero attached hydrogens (tertiary/aromatic N) is 4. The Balaban J connectivity index is 0.000000410. The van der Waals surface area contributed by atoms with Gasteiger partial charge >= 0.3 is 21.1 Å². The summed E-state index contributed by atoms with van der Waals surface area (Å²) in [5, 5.41) is 0. The molecular weight excluding hydrogens is 587 g/mol. The summed E-state index contributed by atoms with van der Waals surface area (Å²) in [4.78, 5) is 15.1. The van der Waals surface area contributed by atoms with Crippen LogP contribution in [0.4, 0.5) is 0 Å². The molecule has 0 saturated carbocycles. The SMILES string of the molecule is [C-]#Cc1ccncc1.[C-]#Cc1ccncc1.[C-]#Cc1ccncc1.[C-]#Cc1ccncc1.[Pt+4]. The molecule has 0 aliphatic heterocycles. The predicted molar refractivity (Wildman–Crippen MR) is 122 cm³/mol. The van der Waals surface area contributed by atoms with Crippen molar-refractivity contribution in [2.45, 2.75) is 0 Å². The molecule has 0 aromatic carbocycles. The van der Waals surface area contributed by atoms with E-state index in [0.29, 0.717) is 0 Å². The van der Waals surface area contributed by atoms with E-state index in [1.165, 1.54) is 0 Å². The topological polar surface area (TPSA) is 51.6 Å². The average molecular weight is 604 g/mol. The van der Waals surface area contributed by atoms with Crippen LogP contribution in [-0.4, -0.2) is 19.9 Å². The van der Waals surface area contributed by atoms with Gasteiger partial charge in [0.05, 0.1) is 0 Å². The Labute approximate surface area is 210 Å². The van der Waals surface area contributed by atoms with Crippen molar-refractivity contribution in [1.29, 1.82) is 0 Å². The molecule has 5 heteroatoms. The maximum absolute atomic E-state index is 6.67. The van der Waals surface area contributed by atoms with E-state index in [0.717, 1.165) is 22.3 Å². The fourth-order valence-corrected chi connectivity index (χ4v) is 1.74. The summed E-state index contributed by atoms with van der Waals surface area (Å²) in [6.45, 7) is 0. The van der Waals surface area contributed by atoms with E-state index in [1.54, 1.807) is 98.1 Å². The molecule has 0 saturated heterocycles. The molecule has 0 N–H and O–H groups in total. The van der Waals surface area contributed by atoms with Crippen molar-refractivity contribution in [3.05, 3.63) is 146 Å². The van der Waals surface area contributed by atoms with E-state index < -0.39 is 0 Å². The van der Waals surface area contributed by atoms with E-state index in [1.807, 2.05) is 0 Å². The first-order chi connectivity index (χ1) is 15.7. The summed E-state index contributed by atoms with van der Waals surface area (Å²) in [7, 11) is 0. The predicted octanol–water partition coefficient (Wildman–Crippen LogP) is 4.08. The maximum Gasteiger partial charge on any atom is 4.00 e. The second kappa shape index (κ2) is 19.5. The van der Waals surface area contributed by atoms with Crippen molar-refractivity contribution in [3.63, 3.8) is 0 Å². The van der Waals surface area contributed by atoms with Crippen LogP contribution < -0.4 is 0 Å². The Morgan fingerprint density at radius 1 is 0.364 bits per heavy atom. The quantitative estimate of drug-likeness (QED) is 0.225. The van der Waals surface area contributed by atoms with Crippen LogP contribution in [0.15, 0.2) is 98.1 Å². The minimum Gasteiger partial charge on any atom is -0.366 e. The van der Waals surface area contributed by atoms with Crippen LogP contribution in [0.2, 0.25) is 0 Å². The Bertz CT molecular complexity index is 986. The van der Waals surface area contributed by atoms with Crippen LogP contribution >= 0.6 is 0 Å². The molecule has 0 aliphatic rings. The minimum absolute atomic E-state index is 0. The molecule has 4 nitrogen and oxygen atoms in total. The third-order valence-corrected chi connectivity index (χ3v) is 3.30. The van der Waals surface area contributed by atoms with E-state index in [4.69, 9.17) is 25.7 Å². The summed E-state index contributed by atoms with van der Waals surface area (Å²) in [5.41, 5.74) is 3.06. The summed E-state index contributed by atoms with van der Waals surface area (Å²) < 4.78 is 0. The molecule has 33 heavy (non-hydrogen) atoms. The maximum atomic E-state index is 6.67. The first-order valence-corrected chi connectivity index (χ1v) is 9.04. The molecule has 4 aromatic heterocycles. The van der Waals surface area contributed by atoms with Gasteiger partial charge < -0.3 is 25.7 Å². The fourth-order valence-electron chi connectivity index (χ4n) is 1.74. The summed E-state index contributed by atoms with van der Waals surface area (Å²) in [5.74, 6) is 8.95. The second-order valence-corrected chi connectivity index (χ2v) is 5.44. The van der Waals surface area contributed by atoms with Crippen LogP contribution in [0.5, 0.6) is 0 Å². The number of pyridine rings is 4. The monoisotopic (exact) mass is 603 g/mol. The Hall–Kier alpha value is -4.47. The number of aromatic nitrogens is 4. The standard InChI is InChI=1S/4C7H4N.Pt/c4*1-2-7-3-5-8-6-4-7;/h4*3-6H;/q4*-1;+4. The third kappa shape index (κ3) is 14.2. The van der Waals surface area contributed by atoms with Gasteiger partial charge in [-0.15, -0.1) is 70.8 Å². The van der Waals surface area contributed by atoms with Crippen molar-refractivity contribution < 1.29 is 21.1 Å². The zero-order valence-corrected chi connectivity index (χ0v) is 19.6. The van der Waals surface area contributed by atoms with E-state index in [2.05, 4.69) is 43.6 Å².